The average molecular weight is 251 g/mol. The highest BCUT2D eigenvalue weighted by Gasteiger charge is 2.03. The highest BCUT2D eigenvalue weighted by atomic mass is 15.0. The minimum atomic E-state index is 0.438. The van der Waals surface area contributed by atoms with Crippen molar-refractivity contribution in [3.05, 3.63) is 54.4 Å². The number of aromatic nitrogens is 2. The first-order valence-corrected chi connectivity index (χ1v) is 6.53. The molecular formula is C16H17N3. The molecule has 3 heteroatoms. The van der Waals surface area contributed by atoms with Crippen LogP contribution in [0.25, 0.3) is 10.9 Å². The molecule has 0 aliphatic heterocycles. The summed E-state index contributed by atoms with van der Waals surface area (Å²) in [4.78, 5) is 7.83. The molecule has 0 aliphatic carbocycles. The molecule has 1 aromatic carbocycles. The van der Waals surface area contributed by atoms with Gasteiger partial charge in [0.05, 0.1) is 0 Å². The first kappa shape index (κ1) is 11.8. The van der Waals surface area contributed by atoms with Crippen LogP contribution >= 0.6 is 0 Å². The maximum atomic E-state index is 4.61. The average Bonchev–Trinajstić information content (AvgIpc) is 2.86. The van der Waals surface area contributed by atoms with Crippen molar-refractivity contribution in [2.24, 2.45) is 0 Å². The number of rotatable bonds is 3. The first-order chi connectivity index (χ1) is 9.22. The predicted molar refractivity (Wildman–Crippen MR) is 79.9 cm³/mol. The zero-order valence-electron chi connectivity index (χ0n) is 11.1. The van der Waals surface area contributed by atoms with Crippen molar-refractivity contribution < 1.29 is 0 Å². The standard InChI is InChI=1S/C16H17N3/c1-11(2)14-4-3-5-16(19-14)18-13-7-6-12-8-9-17-15(12)10-13/h3-11,17H,1-2H3,(H,18,19). The van der Waals surface area contributed by atoms with Crippen molar-refractivity contribution in [1.29, 1.82) is 0 Å². The Kier molecular flexibility index (Phi) is 2.95. The number of pyridine rings is 1. The third kappa shape index (κ3) is 2.45. The van der Waals surface area contributed by atoms with E-state index in [4.69, 9.17) is 0 Å². The van der Waals surface area contributed by atoms with Gasteiger partial charge in [0.15, 0.2) is 0 Å². The minimum absolute atomic E-state index is 0.438. The second-order valence-electron chi connectivity index (χ2n) is 5.01. The molecule has 3 rings (SSSR count). The summed E-state index contributed by atoms with van der Waals surface area (Å²) >= 11 is 0. The van der Waals surface area contributed by atoms with Crippen molar-refractivity contribution in [1.82, 2.24) is 9.97 Å². The highest BCUT2D eigenvalue weighted by molar-refractivity contribution is 5.83. The van der Waals surface area contributed by atoms with Crippen LogP contribution in [0, 0.1) is 0 Å². The first-order valence-electron chi connectivity index (χ1n) is 6.53. The van der Waals surface area contributed by atoms with Crippen LogP contribution in [-0.4, -0.2) is 9.97 Å². The lowest BCUT2D eigenvalue weighted by molar-refractivity contribution is 0.825. The molecule has 0 saturated carbocycles. The molecule has 0 unspecified atom stereocenters. The maximum Gasteiger partial charge on any atom is 0.130 e. The molecule has 0 aliphatic rings. The third-order valence-electron chi connectivity index (χ3n) is 3.19. The van der Waals surface area contributed by atoms with Gasteiger partial charge in [0.1, 0.15) is 5.82 Å². The molecule has 0 spiro atoms. The van der Waals surface area contributed by atoms with E-state index in [9.17, 15) is 0 Å². The van der Waals surface area contributed by atoms with Crippen molar-refractivity contribution in [2.45, 2.75) is 19.8 Å². The smallest absolute Gasteiger partial charge is 0.130 e. The van der Waals surface area contributed by atoms with Gasteiger partial charge in [0.25, 0.3) is 0 Å². The minimum Gasteiger partial charge on any atom is -0.361 e. The molecule has 0 amide bonds. The normalized spacial score (nSPS) is 11.1. The fraction of sp³-hybridized carbons (Fsp3) is 0.188. The zero-order valence-corrected chi connectivity index (χ0v) is 11.1. The second kappa shape index (κ2) is 4.76. The van der Waals surface area contributed by atoms with Gasteiger partial charge in [-0.1, -0.05) is 26.0 Å². The SMILES string of the molecule is CC(C)c1cccc(Nc2ccc3cc[nH]c3c2)n1. The quantitative estimate of drug-likeness (QED) is 0.723. The Morgan fingerprint density at radius 2 is 2.00 bits per heavy atom. The largest absolute Gasteiger partial charge is 0.361 e. The van der Waals surface area contributed by atoms with E-state index in [2.05, 4.69) is 59.5 Å². The van der Waals surface area contributed by atoms with E-state index >= 15 is 0 Å². The van der Waals surface area contributed by atoms with Crippen molar-refractivity contribution in [2.75, 3.05) is 5.32 Å². The Balaban J connectivity index is 1.89. The number of nitrogens with one attached hydrogen (secondary N) is 2. The Bertz CT molecular complexity index is 698. The van der Waals surface area contributed by atoms with Crippen LogP contribution in [-0.2, 0) is 0 Å². The highest BCUT2D eigenvalue weighted by Crippen LogP contribution is 2.21. The number of nitrogens with zero attached hydrogens (tertiary/aromatic N) is 1. The summed E-state index contributed by atoms with van der Waals surface area (Å²) in [5.74, 6) is 1.32. The maximum absolute atomic E-state index is 4.61. The van der Waals surface area contributed by atoms with Crippen LogP contribution in [0.5, 0.6) is 0 Å². The molecular weight excluding hydrogens is 234 g/mol. The summed E-state index contributed by atoms with van der Waals surface area (Å²) in [6.45, 7) is 4.30. The predicted octanol–water partition coefficient (Wildman–Crippen LogP) is 4.43. The van der Waals surface area contributed by atoms with Gasteiger partial charge in [-0.25, -0.2) is 4.98 Å². The van der Waals surface area contributed by atoms with Gasteiger partial charge in [-0.15, -0.1) is 0 Å². The van der Waals surface area contributed by atoms with Crippen LogP contribution in [0.2, 0.25) is 0 Å². The van der Waals surface area contributed by atoms with Crippen molar-refractivity contribution >= 4 is 22.4 Å². The summed E-state index contributed by atoms with van der Waals surface area (Å²) in [5.41, 5.74) is 3.28. The summed E-state index contributed by atoms with van der Waals surface area (Å²) < 4.78 is 0. The Morgan fingerprint density at radius 1 is 1.11 bits per heavy atom. The molecule has 19 heavy (non-hydrogen) atoms. The van der Waals surface area contributed by atoms with Crippen LogP contribution in [0.3, 0.4) is 0 Å². The van der Waals surface area contributed by atoms with E-state index in [1.165, 1.54) is 5.39 Å². The van der Waals surface area contributed by atoms with Gasteiger partial charge >= 0.3 is 0 Å². The summed E-state index contributed by atoms with van der Waals surface area (Å²) in [7, 11) is 0. The second-order valence-corrected chi connectivity index (χ2v) is 5.01. The number of H-pyrrole nitrogens is 1. The van der Waals surface area contributed by atoms with Gasteiger partial charge in [0.2, 0.25) is 0 Å². The fourth-order valence-electron chi connectivity index (χ4n) is 2.12. The van der Waals surface area contributed by atoms with Crippen LogP contribution < -0.4 is 5.32 Å². The van der Waals surface area contributed by atoms with Crippen molar-refractivity contribution in [3.63, 3.8) is 0 Å². The summed E-state index contributed by atoms with van der Waals surface area (Å²) in [5, 5.41) is 4.57. The lowest BCUT2D eigenvalue weighted by atomic mass is 10.1. The van der Waals surface area contributed by atoms with E-state index in [0.29, 0.717) is 5.92 Å². The zero-order chi connectivity index (χ0) is 13.2. The van der Waals surface area contributed by atoms with E-state index in [-0.39, 0.29) is 0 Å². The van der Waals surface area contributed by atoms with Gasteiger partial charge in [-0.3, -0.25) is 0 Å². The third-order valence-corrected chi connectivity index (χ3v) is 3.19. The van der Waals surface area contributed by atoms with Crippen LogP contribution in [0.15, 0.2) is 48.7 Å². The summed E-state index contributed by atoms with van der Waals surface area (Å²) in [6, 6.07) is 14.4. The van der Waals surface area contributed by atoms with E-state index in [1.807, 2.05) is 18.3 Å². The molecule has 2 N–H and O–H groups in total. The number of fused-ring (bicyclic) bond motifs is 1. The van der Waals surface area contributed by atoms with Crippen LogP contribution in [0.4, 0.5) is 11.5 Å². The molecule has 0 bridgehead atoms. The van der Waals surface area contributed by atoms with Crippen molar-refractivity contribution in [3.8, 4) is 0 Å². The van der Waals surface area contributed by atoms with Gasteiger partial charge in [0, 0.05) is 23.1 Å². The fourth-order valence-corrected chi connectivity index (χ4v) is 2.12. The lowest BCUT2D eigenvalue weighted by Crippen LogP contribution is -1.98. The molecule has 0 saturated heterocycles. The Hall–Kier alpha value is -2.29. The van der Waals surface area contributed by atoms with E-state index in [1.54, 1.807) is 0 Å². The number of aromatic amines is 1. The van der Waals surface area contributed by atoms with Gasteiger partial charge < -0.3 is 10.3 Å². The molecule has 2 aromatic heterocycles. The molecule has 0 fully saturated rings. The lowest BCUT2D eigenvalue weighted by Gasteiger charge is -2.09. The number of anilines is 2. The number of hydrogen-bond acceptors (Lipinski definition) is 2. The monoisotopic (exact) mass is 251 g/mol. The molecule has 3 aromatic rings. The Labute approximate surface area is 112 Å². The van der Waals surface area contributed by atoms with E-state index < -0.39 is 0 Å². The topological polar surface area (TPSA) is 40.7 Å². The molecule has 0 radical (unpaired) electrons. The van der Waals surface area contributed by atoms with Gasteiger partial charge in [-0.2, -0.15) is 0 Å². The summed E-state index contributed by atoms with van der Waals surface area (Å²) in [6.07, 6.45) is 1.95. The van der Waals surface area contributed by atoms with Crippen LogP contribution in [0.1, 0.15) is 25.5 Å². The Morgan fingerprint density at radius 3 is 2.84 bits per heavy atom. The molecule has 2 heterocycles. The van der Waals surface area contributed by atoms with Gasteiger partial charge in [-0.05, 0) is 41.6 Å². The van der Waals surface area contributed by atoms with E-state index in [0.717, 1.165) is 22.7 Å². The molecule has 96 valence electrons. The molecule has 3 nitrogen and oxygen atoms in total. The molecule has 0 atom stereocenters. The number of benzene rings is 1. The number of hydrogen-bond donors (Lipinski definition) is 2.